The molecule has 0 radical (unpaired) electrons. The molecule has 0 saturated heterocycles. The van der Waals surface area contributed by atoms with E-state index in [1.165, 1.54) is 6.07 Å². The average Bonchev–Trinajstić information content (AvgIpc) is 2.56. The molecule has 2 rings (SSSR count). The van der Waals surface area contributed by atoms with E-state index in [9.17, 15) is 4.39 Å². The molecule has 0 bridgehead atoms. The zero-order chi connectivity index (χ0) is 13.3. The molecule has 1 unspecified atom stereocenters. The van der Waals surface area contributed by atoms with Gasteiger partial charge in [-0.3, -0.25) is 4.68 Å². The van der Waals surface area contributed by atoms with Crippen molar-refractivity contribution in [1.29, 1.82) is 0 Å². The van der Waals surface area contributed by atoms with E-state index in [0.717, 1.165) is 11.4 Å². The van der Waals surface area contributed by atoms with Crippen LogP contribution >= 0.6 is 11.6 Å². The second kappa shape index (κ2) is 5.08. The van der Waals surface area contributed by atoms with E-state index in [1.54, 1.807) is 22.9 Å². The maximum atomic E-state index is 13.6. The number of halogens is 2. The molecule has 2 N–H and O–H groups in total. The molecule has 0 spiro atoms. The Morgan fingerprint density at radius 3 is 2.67 bits per heavy atom. The highest BCUT2D eigenvalue weighted by Crippen LogP contribution is 2.25. The van der Waals surface area contributed by atoms with Gasteiger partial charge in [-0.05, 0) is 13.0 Å². The summed E-state index contributed by atoms with van der Waals surface area (Å²) in [7, 11) is 1.81. The highest BCUT2D eigenvalue weighted by atomic mass is 35.5. The molecule has 18 heavy (non-hydrogen) atoms. The number of rotatable bonds is 3. The predicted octanol–water partition coefficient (Wildman–Crippen LogP) is 2.76. The Hall–Kier alpha value is -1.39. The molecular weight excluding hydrogens is 253 g/mol. The molecule has 0 fully saturated rings. The fourth-order valence-electron chi connectivity index (χ4n) is 2.00. The number of benzene rings is 1. The van der Waals surface area contributed by atoms with E-state index in [0.29, 0.717) is 17.0 Å². The summed E-state index contributed by atoms with van der Waals surface area (Å²) < 4.78 is 15.3. The van der Waals surface area contributed by atoms with Gasteiger partial charge in [-0.25, -0.2) is 4.39 Å². The molecular formula is C13H15ClFN3. The standard InChI is InChI=1S/C13H15ClFN3/c1-8-13(14)12(18(2)17-8)7-11(16)9-5-3-4-6-10(9)15/h3-6,11H,7,16H2,1-2H3. The first-order valence-electron chi connectivity index (χ1n) is 5.68. The summed E-state index contributed by atoms with van der Waals surface area (Å²) in [5.41, 5.74) is 8.11. The minimum atomic E-state index is -0.432. The van der Waals surface area contributed by atoms with E-state index in [1.807, 2.05) is 14.0 Å². The third kappa shape index (κ3) is 2.40. The summed E-state index contributed by atoms with van der Waals surface area (Å²) in [4.78, 5) is 0. The van der Waals surface area contributed by atoms with Gasteiger partial charge in [0.15, 0.2) is 0 Å². The zero-order valence-electron chi connectivity index (χ0n) is 10.3. The predicted molar refractivity (Wildman–Crippen MR) is 70.0 cm³/mol. The zero-order valence-corrected chi connectivity index (χ0v) is 11.1. The van der Waals surface area contributed by atoms with Crippen molar-refractivity contribution in [1.82, 2.24) is 9.78 Å². The SMILES string of the molecule is Cc1nn(C)c(CC(N)c2ccccc2F)c1Cl. The van der Waals surface area contributed by atoms with Crippen LogP contribution < -0.4 is 5.73 Å². The van der Waals surface area contributed by atoms with Gasteiger partial charge in [-0.2, -0.15) is 5.10 Å². The number of nitrogens with two attached hydrogens (primary N) is 1. The monoisotopic (exact) mass is 267 g/mol. The van der Waals surface area contributed by atoms with Gasteiger partial charge in [0.05, 0.1) is 16.4 Å². The van der Waals surface area contributed by atoms with Crippen LogP contribution in [0.25, 0.3) is 0 Å². The van der Waals surface area contributed by atoms with Gasteiger partial charge in [-0.15, -0.1) is 0 Å². The molecule has 0 amide bonds. The molecule has 1 aromatic heterocycles. The van der Waals surface area contributed by atoms with Crippen molar-refractivity contribution >= 4 is 11.6 Å². The normalized spacial score (nSPS) is 12.7. The number of nitrogens with zero attached hydrogens (tertiary/aromatic N) is 2. The lowest BCUT2D eigenvalue weighted by atomic mass is 10.0. The Morgan fingerprint density at radius 2 is 2.11 bits per heavy atom. The van der Waals surface area contributed by atoms with Crippen LogP contribution in [0.4, 0.5) is 4.39 Å². The molecule has 96 valence electrons. The molecule has 1 heterocycles. The minimum absolute atomic E-state index is 0.292. The molecule has 0 aliphatic heterocycles. The van der Waals surface area contributed by atoms with E-state index in [2.05, 4.69) is 5.10 Å². The van der Waals surface area contributed by atoms with Crippen LogP contribution in [-0.2, 0) is 13.5 Å². The largest absolute Gasteiger partial charge is 0.324 e. The Morgan fingerprint density at radius 1 is 1.44 bits per heavy atom. The molecule has 2 aromatic rings. The fraction of sp³-hybridized carbons (Fsp3) is 0.308. The summed E-state index contributed by atoms with van der Waals surface area (Å²) in [6.07, 6.45) is 0.455. The Bertz CT molecular complexity index is 565. The highest BCUT2D eigenvalue weighted by Gasteiger charge is 2.17. The summed E-state index contributed by atoms with van der Waals surface area (Å²) in [6.45, 7) is 1.83. The van der Waals surface area contributed by atoms with Crippen molar-refractivity contribution in [3.63, 3.8) is 0 Å². The molecule has 1 aromatic carbocycles. The van der Waals surface area contributed by atoms with E-state index in [4.69, 9.17) is 17.3 Å². The van der Waals surface area contributed by atoms with Crippen molar-refractivity contribution in [2.45, 2.75) is 19.4 Å². The molecule has 0 aliphatic rings. The maximum Gasteiger partial charge on any atom is 0.127 e. The van der Waals surface area contributed by atoms with E-state index < -0.39 is 6.04 Å². The second-order valence-electron chi connectivity index (χ2n) is 4.30. The smallest absolute Gasteiger partial charge is 0.127 e. The lowest BCUT2D eigenvalue weighted by Crippen LogP contribution is -2.17. The number of aryl methyl sites for hydroxylation is 2. The molecule has 0 saturated carbocycles. The van der Waals surface area contributed by atoms with Gasteiger partial charge in [0.1, 0.15) is 5.82 Å². The molecule has 1 atom stereocenters. The van der Waals surface area contributed by atoms with Gasteiger partial charge in [0.25, 0.3) is 0 Å². The number of hydrogen-bond acceptors (Lipinski definition) is 2. The molecule has 3 nitrogen and oxygen atoms in total. The van der Waals surface area contributed by atoms with Crippen LogP contribution in [0, 0.1) is 12.7 Å². The van der Waals surface area contributed by atoms with Crippen molar-refractivity contribution in [2.24, 2.45) is 12.8 Å². The summed E-state index contributed by atoms with van der Waals surface area (Å²) in [5, 5.41) is 4.82. The number of hydrogen-bond donors (Lipinski definition) is 1. The van der Waals surface area contributed by atoms with Crippen molar-refractivity contribution in [2.75, 3.05) is 0 Å². The summed E-state index contributed by atoms with van der Waals surface area (Å²) >= 11 is 6.15. The van der Waals surface area contributed by atoms with Crippen LogP contribution in [0.5, 0.6) is 0 Å². The van der Waals surface area contributed by atoms with Crippen LogP contribution in [0.3, 0.4) is 0 Å². The first-order valence-corrected chi connectivity index (χ1v) is 6.06. The topological polar surface area (TPSA) is 43.8 Å². The Balaban J connectivity index is 2.27. The van der Waals surface area contributed by atoms with Gasteiger partial charge in [0.2, 0.25) is 0 Å². The third-order valence-corrected chi connectivity index (χ3v) is 3.47. The molecule has 5 heteroatoms. The first kappa shape index (κ1) is 13.1. The summed E-state index contributed by atoms with van der Waals surface area (Å²) in [5.74, 6) is -0.292. The quantitative estimate of drug-likeness (QED) is 0.929. The highest BCUT2D eigenvalue weighted by molar-refractivity contribution is 6.31. The average molecular weight is 268 g/mol. The van der Waals surface area contributed by atoms with Crippen LogP contribution in [0.15, 0.2) is 24.3 Å². The van der Waals surface area contributed by atoms with Crippen LogP contribution in [-0.4, -0.2) is 9.78 Å². The Kier molecular flexibility index (Phi) is 3.68. The van der Waals surface area contributed by atoms with Gasteiger partial charge >= 0.3 is 0 Å². The van der Waals surface area contributed by atoms with Crippen LogP contribution in [0.1, 0.15) is 23.0 Å². The van der Waals surface area contributed by atoms with Crippen LogP contribution in [0.2, 0.25) is 5.02 Å². The first-order chi connectivity index (χ1) is 8.50. The lowest BCUT2D eigenvalue weighted by Gasteiger charge is -2.13. The lowest BCUT2D eigenvalue weighted by molar-refractivity contribution is 0.569. The van der Waals surface area contributed by atoms with E-state index in [-0.39, 0.29) is 5.82 Å². The van der Waals surface area contributed by atoms with Gasteiger partial charge in [-0.1, -0.05) is 29.8 Å². The Labute approximate surface area is 110 Å². The van der Waals surface area contributed by atoms with Gasteiger partial charge in [0, 0.05) is 25.1 Å². The third-order valence-electron chi connectivity index (χ3n) is 2.98. The van der Waals surface area contributed by atoms with Crippen molar-refractivity contribution in [3.05, 3.63) is 52.1 Å². The fourth-order valence-corrected chi connectivity index (χ4v) is 2.23. The second-order valence-corrected chi connectivity index (χ2v) is 4.68. The molecule has 0 aliphatic carbocycles. The number of aromatic nitrogens is 2. The minimum Gasteiger partial charge on any atom is -0.324 e. The van der Waals surface area contributed by atoms with Gasteiger partial charge < -0.3 is 5.73 Å². The van der Waals surface area contributed by atoms with Crippen molar-refractivity contribution in [3.8, 4) is 0 Å². The van der Waals surface area contributed by atoms with Crippen molar-refractivity contribution < 1.29 is 4.39 Å². The summed E-state index contributed by atoms with van der Waals surface area (Å²) in [6, 6.07) is 6.09. The maximum absolute atomic E-state index is 13.6. The van der Waals surface area contributed by atoms with E-state index >= 15 is 0 Å².